The first kappa shape index (κ1) is 24.1. The molecule has 0 fully saturated rings. The first-order chi connectivity index (χ1) is 13.2. The van der Waals surface area contributed by atoms with Crippen LogP contribution >= 0.6 is 24.0 Å². The Labute approximate surface area is 184 Å². The maximum atomic E-state index is 5.36. The van der Waals surface area contributed by atoms with E-state index in [9.17, 15) is 0 Å². The van der Waals surface area contributed by atoms with E-state index in [-0.39, 0.29) is 24.0 Å². The fourth-order valence-electron chi connectivity index (χ4n) is 2.78. The van der Waals surface area contributed by atoms with Crippen LogP contribution in [0.3, 0.4) is 0 Å². The van der Waals surface area contributed by atoms with E-state index >= 15 is 0 Å². The number of aromatic nitrogens is 2. The second kappa shape index (κ2) is 13.2. The maximum Gasteiger partial charge on any atom is 0.191 e. The van der Waals surface area contributed by atoms with Gasteiger partial charge in [0, 0.05) is 32.9 Å². The number of ether oxygens (including phenoxy) is 2. The van der Waals surface area contributed by atoms with Crippen molar-refractivity contribution < 1.29 is 9.47 Å². The Balaban J connectivity index is 0.00000392. The highest BCUT2D eigenvalue weighted by molar-refractivity contribution is 14.0. The molecule has 1 aromatic heterocycles. The lowest BCUT2D eigenvalue weighted by Crippen LogP contribution is -2.38. The number of nitrogens with zero attached hydrogens (tertiary/aromatic N) is 3. The number of halogens is 1. The van der Waals surface area contributed by atoms with Crippen molar-refractivity contribution in [1.82, 2.24) is 20.4 Å². The summed E-state index contributed by atoms with van der Waals surface area (Å²) < 4.78 is 12.5. The summed E-state index contributed by atoms with van der Waals surface area (Å²) in [7, 11) is 5.24. The lowest BCUT2D eigenvalue weighted by Gasteiger charge is -2.12. The van der Waals surface area contributed by atoms with Crippen molar-refractivity contribution in [2.24, 2.45) is 12.0 Å². The van der Waals surface area contributed by atoms with E-state index in [0.29, 0.717) is 0 Å². The van der Waals surface area contributed by atoms with Gasteiger partial charge >= 0.3 is 0 Å². The minimum atomic E-state index is 0. The van der Waals surface area contributed by atoms with Gasteiger partial charge in [0.25, 0.3) is 0 Å². The lowest BCUT2D eigenvalue weighted by atomic mass is 10.1. The van der Waals surface area contributed by atoms with Gasteiger partial charge in [0.05, 0.1) is 20.4 Å². The molecule has 1 aromatic carbocycles. The molecule has 0 saturated carbocycles. The van der Waals surface area contributed by atoms with E-state index in [1.807, 2.05) is 30.1 Å². The van der Waals surface area contributed by atoms with Gasteiger partial charge in [-0.1, -0.05) is 6.07 Å². The average molecular weight is 501 g/mol. The second-order valence-electron chi connectivity index (χ2n) is 6.25. The van der Waals surface area contributed by atoms with E-state index in [4.69, 9.17) is 9.47 Å². The number of rotatable bonds is 10. The number of aliphatic imine (C=N–C) groups is 1. The lowest BCUT2D eigenvalue weighted by molar-refractivity contribution is 0.354. The third kappa shape index (κ3) is 7.95. The van der Waals surface area contributed by atoms with Crippen LogP contribution in [-0.4, -0.2) is 49.6 Å². The van der Waals surface area contributed by atoms with Crippen LogP contribution in [0, 0.1) is 0 Å². The predicted octanol–water partition coefficient (Wildman–Crippen LogP) is 2.79. The number of aryl methyl sites for hydroxylation is 2. The Hall–Kier alpha value is -1.97. The number of nitrogens with one attached hydrogen (secondary N) is 2. The van der Waals surface area contributed by atoms with Gasteiger partial charge in [0.2, 0.25) is 0 Å². The van der Waals surface area contributed by atoms with Crippen molar-refractivity contribution in [1.29, 1.82) is 0 Å². The molecule has 2 N–H and O–H groups in total. The fourth-order valence-corrected chi connectivity index (χ4v) is 2.78. The van der Waals surface area contributed by atoms with Gasteiger partial charge in [0.1, 0.15) is 0 Å². The van der Waals surface area contributed by atoms with Crippen molar-refractivity contribution >= 4 is 29.9 Å². The van der Waals surface area contributed by atoms with Crippen LogP contribution in [0.2, 0.25) is 0 Å². The molecule has 0 saturated heterocycles. The summed E-state index contributed by atoms with van der Waals surface area (Å²) in [6, 6.07) is 6.01. The van der Waals surface area contributed by atoms with Crippen molar-refractivity contribution in [3.05, 3.63) is 41.7 Å². The van der Waals surface area contributed by atoms with Crippen molar-refractivity contribution in [3.63, 3.8) is 0 Å². The van der Waals surface area contributed by atoms with Crippen LogP contribution in [0.4, 0.5) is 0 Å². The maximum absolute atomic E-state index is 5.36. The van der Waals surface area contributed by atoms with Gasteiger partial charge in [-0.25, -0.2) is 0 Å². The number of methoxy groups -OCH3 is 2. The first-order valence-corrected chi connectivity index (χ1v) is 9.36. The molecule has 1 heterocycles. The minimum absolute atomic E-state index is 0. The summed E-state index contributed by atoms with van der Waals surface area (Å²) in [4.78, 5) is 4.65. The first-order valence-electron chi connectivity index (χ1n) is 9.36. The molecule has 0 aliphatic rings. The van der Waals surface area contributed by atoms with Gasteiger partial charge in [-0.15, -0.1) is 24.0 Å². The molecule has 0 bridgehead atoms. The normalized spacial score (nSPS) is 10.9. The topological polar surface area (TPSA) is 72.7 Å². The van der Waals surface area contributed by atoms with E-state index in [1.54, 1.807) is 14.2 Å². The van der Waals surface area contributed by atoms with E-state index < -0.39 is 0 Å². The Kier molecular flexibility index (Phi) is 11.4. The van der Waals surface area contributed by atoms with Crippen LogP contribution in [0.25, 0.3) is 0 Å². The summed E-state index contributed by atoms with van der Waals surface area (Å²) >= 11 is 0. The Morgan fingerprint density at radius 2 is 1.89 bits per heavy atom. The molecule has 28 heavy (non-hydrogen) atoms. The molecule has 0 aliphatic carbocycles. The molecular formula is C20H32IN5O2. The second-order valence-corrected chi connectivity index (χ2v) is 6.25. The van der Waals surface area contributed by atoms with E-state index in [0.717, 1.165) is 56.4 Å². The third-order valence-corrected chi connectivity index (χ3v) is 4.15. The van der Waals surface area contributed by atoms with Crippen molar-refractivity contribution in [3.8, 4) is 11.5 Å². The van der Waals surface area contributed by atoms with Gasteiger partial charge in [0.15, 0.2) is 17.5 Å². The molecular weight excluding hydrogens is 469 g/mol. The smallest absolute Gasteiger partial charge is 0.191 e. The largest absolute Gasteiger partial charge is 0.493 e. The SMILES string of the molecule is CCNC(=NCCCc1cnn(C)c1)NCCc1ccc(OC)c(OC)c1.I. The van der Waals surface area contributed by atoms with Gasteiger partial charge in [-0.05, 0) is 49.4 Å². The number of hydrogen-bond donors (Lipinski definition) is 2. The highest BCUT2D eigenvalue weighted by atomic mass is 127. The standard InChI is InChI=1S/C20H31N5O2.HI/c1-5-21-20(22-11-6-7-17-14-24-25(2)15-17)23-12-10-16-8-9-18(26-3)19(13-16)27-4;/h8-9,13-15H,5-7,10-12H2,1-4H3,(H2,21,22,23);1H. The van der Waals surface area contributed by atoms with Gasteiger partial charge in [-0.3, -0.25) is 9.67 Å². The summed E-state index contributed by atoms with van der Waals surface area (Å²) in [5, 5.41) is 10.9. The average Bonchev–Trinajstić information content (AvgIpc) is 3.10. The molecule has 0 unspecified atom stereocenters. The van der Waals surface area contributed by atoms with E-state index in [2.05, 4.69) is 39.9 Å². The van der Waals surface area contributed by atoms with Crippen LogP contribution in [-0.2, 0) is 19.9 Å². The number of hydrogen-bond acceptors (Lipinski definition) is 4. The van der Waals surface area contributed by atoms with Gasteiger partial charge in [-0.2, -0.15) is 5.10 Å². The Bertz CT molecular complexity index is 733. The van der Waals surface area contributed by atoms with Crippen molar-refractivity contribution in [2.75, 3.05) is 33.9 Å². The predicted molar refractivity (Wildman–Crippen MR) is 124 cm³/mol. The summed E-state index contributed by atoms with van der Waals surface area (Å²) in [6.07, 6.45) is 6.83. The van der Waals surface area contributed by atoms with Crippen LogP contribution < -0.4 is 20.1 Å². The molecule has 0 aliphatic heterocycles. The highest BCUT2D eigenvalue weighted by Crippen LogP contribution is 2.27. The molecule has 0 atom stereocenters. The third-order valence-electron chi connectivity index (χ3n) is 4.15. The molecule has 0 spiro atoms. The fraction of sp³-hybridized carbons (Fsp3) is 0.500. The van der Waals surface area contributed by atoms with Crippen LogP contribution in [0.5, 0.6) is 11.5 Å². The zero-order valence-electron chi connectivity index (χ0n) is 17.2. The van der Waals surface area contributed by atoms with Crippen LogP contribution in [0.1, 0.15) is 24.5 Å². The molecule has 0 radical (unpaired) electrons. The molecule has 2 rings (SSSR count). The zero-order chi connectivity index (χ0) is 19.5. The summed E-state index contributed by atoms with van der Waals surface area (Å²) in [5.74, 6) is 2.35. The monoisotopic (exact) mass is 501 g/mol. The number of guanidine groups is 1. The quantitative estimate of drug-likeness (QED) is 0.227. The molecule has 8 heteroatoms. The Morgan fingerprint density at radius 1 is 1.11 bits per heavy atom. The van der Waals surface area contributed by atoms with Gasteiger partial charge < -0.3 is 20.1 Å². The molecule has 7 nitrogen and oxygen atoms in total. The number of benzene rings is 1. The zero-order valence-corrected chi connectivity index (χ0v) is 19.5. The molecule has 156 valence electrons. The molecule has 0 amide bonds. The Morgan fingerprint density at radius 3 is 2.54 bits per heavy atom. The van der Waals surface area contributed by atoms with Crippen LogP contribution in [0.15, 0.2) is 35.6 Å². The van der Waals surface area contributed by atoms with Crippen molar-refractivity contribution in [2.45, 2.75) is 26.2 Å². The molecule has 2 aromatic rings. The summed E-state index contributed by atoms with van der Waals surface area (Å²) in [5.41, 5.74) is 2.44. The highest BCUT2D eigenvalue weighted by Gasteiger charge is 2.05. The minimum Gasteiger partial charge on any atom is -0.493 e. The summed E-state index contributed by atoms with van der Waals surface area (Å²) in [6.45, 7) is 4.48. The van der Waals surface area contributed by atoms with E-state index in [1.165, 1.54) is 11.1 Å².